The number of hydrogen-bond donors (Lipinski definition) is 2. The van der Waals surface area contributed by atoms with E-state index in [2.05, 4.69) is 29.8 Å². The van der Waals surface area contributed by atoms with E-state index in [1.54, 1.807) is 0 Å². The van der Waals surface area contributed by atoms with Gasteiger partial charge in [0.05, 0.1) is 0 Å². The maximum absolute atomic E-state index is 11.4. The quantitative estimate of drug-likeness (QED) is 0.297. The third-order valence-corrected chi connectivity index (χ3v) is 2.01. The van der Waals surface area contributed by atoms with Crippen LogP contribution in [0.1, 0.15) is 6.92 Å². The van der Waals surface area contributed by atoms with Gasteiger partial charge in [0.1, 0.15) is 18.8 Å². The zero-order valence-corrected chi connectivity index (χ0v) is 11.6. The van der Waals surface area contributed by atoms with Gasteiger partial charge in [-0.3, -0.25) is 0 Å². The van der Waals surface area contributed by atoms with Crippen molar-refractivity contribution in [2.45, 2.75) is 12.5 Å². The summed E-state index contributed by atoms with van der Waals surface area (Å²) in [5, 5.41) is 11.0. The number of amides is 1. The molecule has 0 spiro atoms. The molecular formula is C13H17NO7. The highest BCUT2D eigenvalue weighted by atomic mass is 16.6. The number of alkyl carbamates (subject to hydrolysis) is 1. The third kappa shape index (κ3) is 8.09. The average molecular weight is 299 g/mol. The van der Waals surface area contributed by atoms with Crippen molar-refractivity contribution in [3.8, 4) is 0 Å². The second kappa shape index (κ2) is 8.41. The summed E-state index contributed by atoms with van der Waals surface area (Å²) in [7, 11) is 0. The Morgan fingerprint density at radius 1 is 1.14 bits per heavy atom. The summed E-state index contributed by atoms with van der Waals surface area (Å²) in [5.41, 5.74) is -1.29. The van der Waals surface area contributed by atoms with E-state index in [1.807, 2.05) is 0 Å². The molecule has 21 heavy (non-hydrogen) atoms. The molecule has 0 aliphatic heterocycles. The van der Waals surface area contributed by atoms with Gasteiger partial charge in [-0.15, -0.1) is 0 Å². The van der Waals surface area contributed by atoms with Crippen molar-refractivity contribution in [3.05, 3.63) is 37.8 Å². The van der Waals surface area contributed by atoms with Gasteiger partial charge in [0.15, 0.2) is 0 Å². The molecule has 0 rings (SSSR count). The fourth-order valence-corrected chi connectivity index (χ4v) is 1.07. The van der Waals surface area contributed by atoms with Crippen molar-refractivity contribution in [1.29, 1.82) is 0 Å². The molecule has 0 atom stereocenters. The highest BCUT2D eigenvalue weighted by molar-refractivity contribution is 5.82. The van der Waals surface area contributed by atoms with Gasteiger partial charge in [-0.1, -0.05) is 13.2 Å². The molecule has 0 aromatic heterocycles. The molecule has 0 bridgehead atoms. The molecule has 0 aliphatic rings. The van der Waals surface area contributed by atoms with Gasteiger partial charge in [0.2, 0.25) is 0 Å². The maximum atomic E-state index is 11.4. The Morgan fingerprint density at radius 2 is 1.57 bits per heavy atom. The van der Waals surface area contributed by atoms with Crippen LogP contribution in [-0.2, 0) is 23.8 Å². The zero-order chi connectivity index (χ0) is 16.5. The first kappa shape index (κ1) is 18.2. The highest BCUT2D eigenvalue weighted by Gasteiger charge is 2.31. The number of carbonyl (C=O) groups excluding carboxylic acids is 3. The van der Waals surface area contributed by atoms with Crippen molar-refractivity contribution >= 4 is 18.0 Å². The van der Waals surface area contributed by atoms with Crippen LogP contribution in [0.15, 0.2) is 37.8 Å². The maximum Gasteiger partial charge on any atom is 0.415 e. The second-order valence-corrected chi connectivity index (χ2v) is 4.09. The van der Waals surface area contributed by atoms with Crippen molar-refractivity contribution in [2.75, 3.05) is 13.2 Å². The lowest BCUT2D eigenvalue weighted by Gasteiger charge is -2.28. The first-order chi connectivity index (χ1) is 9.72. The van der Waals surface area contributed by atoms with E-state index >= 15 is 0 Å². The highest BCUT2D eigenvalue weighted by Crippen LogP contribution is 2.08. The number of rotatable bonds is 8. The Bertz CT molecular complexity index is 431. The summed E-state index contributed by atoms with van der Waals surface area (Å²) in [4.78, 5) is 33.5. The molecule has 0 unspecified atom stereocenters. The minimum Gasteiger partial charge on any atom is -0.481 e. The lowest BCUT2D eigenvalue weighted by molar-refractivity contribution is -0.144. The van der Waals surface area contributed by atoms with E-state index in [9.17, 15) is 14.4 Å². The van der Waals surface area contributed by atoms with Crippen molar-refractivity contribution in [1.82, 2.24) is 5.32 Å². The number of hydrogen-bond acceptors (Lipinski definition) is 7. The Balaban J connectivity index is 4.78. The summed E-state index contributed by atoms with van der Waals surface area (Å²) >= 11 is 0. The van der Waals surface area contributed by atoms with Gasteiger partial charge in [-0.2, -0.15) is 0 Å². The second-order valence-electron chi connectivity index (χ2n) is 4.09. The molecular weight excluding hydrogens is 282 g/mol. The van der Waals surface area contributed by atoms with Gasteiger partial charge in [-0.05, 0) is 13.5 Å². The number of aliphatic hydroxyl groups excluding tert-OH is 1. The van der Waals surface area contributed by atoms with E-state index in [1.165, 1.54) is 6.92 Å². The van der Waals surface area contributed by atoms with Crippen LogP contribution in [0, 0.1) is 0 Å². The van der Waals surface area contributed by atoms with E-state index in [-0.39, 0.29) is 13.2 Å². The number of aliphatic hydroxyl groups is 1. The zero-order valence-electron chi connectivity index (χ0n) is 11.6. The van der Waals surface area contributed by atoms with Gasteiger partial charge >= 0.3 is 18.0 Å². The Hall–Kier alpha value is -2.77. The minimum absolute atomic E-state index is 0.324. The van der Waals surface area contributed by atoms with Crippen LogP contribution in [0.5, 0.6) is 0 Å². The fourth-order valence-electron chi connectivity index (χ4n) is 1.07. The Labute approximate surface area is 121 Å². The smallest absolute Gasteiger partial charge is 0.415 e. The number of nitrogens with one attached hydrogen (secondary N) is 1. The molecule has 0 radical (unpaired) electrons. The number of esters is 2. The fraction of sp³-hybridized carbons (Fsp3) is 0.308. The molecule has 8 heteroatoms. The summed E-state index contributed by atoms with van der Waals surface area (Å²) in [5.74, 6) is -2.27. The summed E-state index contributed by atoms with van der Waals surface area (Å²) in [6, 6.07) is 0. The van der Waals surface area contributed by atoms with E-state index in [0.717, 1.165) is 12.2 Å². The van der Waals surface area contributed by atoms with Gasteiger partial charge < -0.3 is 24.6 Å². The molecule has 2 N–H and O–H groups in total. The van der Waals surface area contributed by atoms with Gasteiger partial charge in [0, 0.05) is 12.2 Å². The van der Waals surface area contributed by atoms with Crippen LogP contribution < -0.4 is 5.32 Å². The van der Waals surface area contributed by atoms with Gasteiger partial charge in [0.25, 0.3) is 5.95 Å². The lowest BCUT2D eigenvalue weighted by atomic mass is 10.1. The molecule has 0 fully saturated rings. The van der Waals surface area contributed by atoms with Crippen LogP contribution in [0.2, 0.25) is 0 Å². The first-order valence-corrected chi connectivity index (χ1v) is 5.68. The normalized spacial score (nSPS) is 9.95. The third-order valence-electron chi connectivity index (χ3n) is 2.01. The molecule has 0 aromatic rings. The molecule has 0 saturated heterocycles. The standard InChI is InChI=1S/C13H17NO7/c1-5-10(16)19-7-13(4,8-20-11(17)6-2)14-12(18)21-9(3)15/h5-6,15H,1-3,7-8H2,4H3,(H,14,18). The van der Waals surface area contributed by atoms with Crippen LogP contribution in [0.25, 0.3) is 0 Å². The molecule has 0 aromatic carbocycles. The molecule has 0 heterocycles. The Kier molecular flexibility index (Phi) is 7.30. The van der Waals surface area contributed by atoms with Gasteiger partial charge in [-0.25, -0.2) is 14.4 Å². The topological polar surface area (TPSA) is 111 Å². The first-order valence-electron chi connectivity index (χ1n) is 5.68. The van der Waals surface area contributed by atoms with E-state index < -0.39 is 29.5 Å². The van der Waals surface area contributed by atoms with Crippen LogP contribution in [0.3, 0.4) is 0 Å². The SMILES string of the molecule is C=CC(=O)OCC(C)(COC(=O)C=C)NC(=O)OC(=C)O. The van der Waals surface area contributed by atoms with E-state index in [4.69, 9.17) is 14.6 Å². The molecule has 8 nitrogen and oxygen atoms in total. The predicted molar refractivity (Wildman–Crippen MR) is 72.1 cm³/mol. The molecule has 116 valence electrons. The van der Waals surface area contributed by atoms with E-state index in [0.29, 0.717) is 0 Å². The molecule has 0 saturated carbocycles. The largest absolute Gasteiger partial charge is 0.481 e. The summed E-state index contributed by atoms with van der Waals surface area (Å²) in [6.45, 7) is 10.2. The molecule has 1 amide bonds. The van der Waals surface area contributed by atoms with Crippen LogP contribution in [0.4, 0.5) is 4.79 Å². The average Bonchev–Trinajstić information content (AvgIpc) is 2.41. The number of ether oxygens (including phenoxy) is 3. The van der Waals surface area contributed by atoms with Crippen LogP contribution >= 0.6 is 0 Å². The Morgan fingerprint density at radius 3 is 1.90 bits per heavy atom. The van der Waals surface area contributed by atoms with Crippen molar-refractivity contribution in [3.63, 3.8) is 0 Å². The summed E-state index contributed by atoms with van der Waals surface area (Å²) in [6.07, 6.45) is 0.808. The predicted octanol–water partition coefficient (Wildman–Crippen LogP) is 0.959. The number of carbonyl (C=O) groups is 3. The van der Waals surface area contributed by atoms with Crippen molar-refractivity contribution in [2.24, 2.45) is 0 Å². The minimum atomic E-state index is -1.29. The lowest BCUT2D eigenvalue weighted by Crippen LogP contribution is -2.53. The van der Waals surface area contributed by atoms with Crippen molar-refractivity contribution < 1.29 is 33.7 Å². The summed E-state index contributed by atoms with van der Waals surface area (Å²) < 4.78 is 13.9. The molecule has 0 aliphatic carbocycles. The van der Waals surface area contributed by atoms with Crippen LogP contribution in [-0.4, -0.2) is 41.9 Å². The monoisotopic (exact) mass is 299 g/mol.